The van der Waals surface area contributed by atoms with E-state index in [1.54, 1.807) is 0 Å². The molecule has 1 saturated carbocycles. The van der Waals surface area contributed by atoms with Crippen LogP contribution in [0.15, 0.2) is 30.3 Å². The molecule has 0 bridgehead atoms. The zero-order chi connectivity index (χ0) is 14.6. The van der Waals surface area contributed by atoms with E-state index >= 15 is 0 Å². The Morgan fingerprint density at radius 1 is 1.20 bits per heavy atom. The standard InChI is InChI=1S/C18H29NO/c1-5-18(2,3)14-11-12-16(19-4)17(13-14)20-15-9-7-6-8-10-15/h6-10,14,16-17,19H,5,11-13H2,1-4H3. The molecule has 1 N–H and O–H groups in total. The summed E-state index contributed by atoms with van der Waals surface area (Å²) in [6.45, 7) is 7.10. The molecule has 112 valence electrons. The molecule has 1 aromatic carbocycles. The number of ether oxygens (including phenoxy) is 1. The molecule has 0 aliphatic heterocycles. The third-order valence-electron chi connectivity index (χ3n) is 5.21. The average Bonchev–Trinajstić information content (AvgIpc) is 2.48. The van der Waals surface area contributed by atoms with E-state index in [-0.39, 0.29) is 6.10 Å². The number of likely N-dealkylation sites (N-methyl/N-ethyl adjacent to an activating group) is 1. The predicted octanol–water partition coefficient (Wildman–Crippen LogP) is 4.26. The van der Waals surface area contributed by atoms with E-state index in [0.29, 0.717) is 11.5 Å². The van der Waals surface area contributed by atoms with Crippen LogP contribution in [0.5, 0.6) is 5.75 Å². The minimum Gasteiger partial charge on any atom is -0.489 e. The maximum atomic E-state index is 6.27. The molecule has 3 unspecified atom stereocenters. The van der Waals surface area contributed by atoms with Gasteiger partial charge in [-0.15, -0.1) is 0 Å². The summed E-state index contributed by atoms with van der Waals surface area (Å²) in [7, 11) is 2.05. The lowest BCUT2D eigenvalue weighted by Crippen LogP contribution is -2.48. The van der Waals surface area contributed by atoms with Crippen molar-refractivity contribution in [2.45, 2.75) is 58.6 Å². The third kappa shape index (κ3) is 3.54. The number of hydrogen-bond donors (Lipinski definition) is 1. The van der Waals surface area contributed by atoms with Crippen molar-refractivity contribution in [3.63, 3.8) is 0 Å². The fourth-order valence-electron chi connectivity index (χ4n) is 3.26. The van der Waals surface area contributed by atoms with Crippen LogP contribution in [0, 0.1) is 11.3 Å². The number of benzene rings is 1. The van der Waals surface area contributed by atoms with E-state index in [2.05, 4.69) is 45.3 Å². The van der Waals surface area contributed by atoms with Gasteiger partial charge in [0.25, 0.3) is 0 Å². The highest BCUT2D eigenvalue weighted by molar-refractivity contribution is 5.21. The Balaban J connectivity index is 2.07. The summed E-state index contributed by atoms with van der Waals surface area (Å²) in [5.41, 5.74) is 0.414. The molecule has 1 fully saturated rings. The Labute approximate surface area is 123 Å². The molecular weight excluding hydrogens is 246 g/mol. The number of hydrogen-bond acceptors (Lipinski definition) is 2. The Hall–Kier alpha value is -1.02. The second-order valence-electron chi connectivity index (χ2n) is 6.72. The first kappa shape index (κ1) is 15.4. The highest BCUT2D eigenvalue weighted by Crippen LogP contribution is 2.41. The molecule has 0 saturated heterocycles. The van der Waals surface area contributed by atoms with Gasteiger partial charge < -0.3 is 10.1 Å². The van der Waals surface area contributed by atoms with Crippen molar-refractivity contribution in [3.8, 4) is 5.75 Å². The maximum Gasteiger partial charge on any atom is 0.119 e. The van der Waals surface area contributed by atoms with E-state index in [9.17, 15) is 0 Å². The predicted molar refractivity (Wildman–Crippen MR) is 85.1 cm³/mol. The van der Waals surface area contributed by atoms with Crippen molar-refractivity contribution in [2.75, 3.05) is 7.05 Å². The molecule has 0 heterocycles. The molecule has 0 spiro atoms. The lowest BCUT2D eigenvalue weighted by Gasteiger charge is -2.42. The summed E-state index contributed by atoms with van der Waals surface area (Å²) in [5.74, 6) is 1.75. The summed E-state index contributed by atoms with van der Waals surface area (Å²) in [5, 5.41) is 3.44. The summed E-state index contributed by atoms with van der Waals surface area (Å²) in [6.07, 6.45) is 5.19. The van der Waals surface area contributed by atoms with Crippen LogP contribution in [0.2, 0.25) is 0 Å². The Kier molecular flexibility index (Phi) is 5.09. The fraction of sp³-hybridized carbons (Fsp3) is 0.667. The summed E-state index contributed by atoms with van der Waals surface area (Å²) >= 11 is 0. The minimum atomic E-state index is 0.284. The molecule has 2 heteroatoms. The van der Waals surface area contributed by atoms with Crippen LogP contribution in [0.1, 0.15) is 46.5 Å². The largest absolute Gasteiger partial charge is 0.489 e. The smallest absolute Gasteiger partial charge is 0.119 e. The molecule has 0 radical (unpaired) electrons. The quantitative estimate of drug-likeness (QED) is 0.867. The van der Waals surface area contributed by atoms with Gasteiger partial charge in [0.05, 0.1) is 0 Å². The summed E-state index contributed by atoms with van der Waals surface area (Å²) < 4.78 is 6.27. The zero-order valence-corrected chi connectivity index (χ0v) is 13.4. The Morgan fingerprint density at radius 2 is 1.90 bits per heavy atom. The van der Waals surface area contributed by atoms with Crippen molar-refractivity contribution < 1.29 is 4.74 Å². The first-order chi connectivity index (χ1) is 9.56. The van der Waals surface area contributed by atoms with Crippen molar-refractivity contribution in [2.24, 2.45) is 11.3 Å². The SMILES string of the molecule is CCC(C)(C)C1CCC(NC)C(Oc2ccccc2)C1. The second-order valence-corrected chi connectivity index (χ2v) is 6.72. The van der Waals surface area contributed by atoms with Crippen LogP contribution >= 0.6 is 0 Å². The first-order valence-corrected chi connectivity index (χ1v) is 7.95. The number of rotatable bonds is 5. The lowest BCUT2D eigenvalue weighted by atomic mass is 9.68. The minimum absolute atomic E-state index is 0.284. The van der Waals surface area contributed by atoms with Gasteiger partial charge in [-0.1, -0.05) is 45.4 Å². The van der Waals surface area contributed by atoms with E-state index in [0.717, 1.165) is 18.1 Å². The van der Waals surface area contributed by atoms with Gasteiger partial charge in [-0.05, 0) is 49.8 Å². The average molecular weight is 275 g/mol. The number of para-hydroxylation sites is 1. The van der Waals surface area contributed by atoms with Gasteiger partial charge in [0.1, 0.15) is 11.9 Å². The van der Waals surface area contributed by atoms with E-state index in [4.69, 9.17) is 4.74 Å². The summed E-state index contributed by atoms with van der Waals surface area (Å²) in [6, 6.07) is 10.7. The highest BCUT2D eigenvalue weighted by atomic mass is 16.5. The summed E-state index contributed by atoms with van der Waals surface area (Å²) in [4.78, 5) is 0. The van der Waals surface area contributed by atoms with E-state index < -0.39 is 0 Å². The van der Waals surface area contributed by atoms with Crippen molar-refractivity contribution >= 4 is 0 Å². The molecule has 20 heavy (non-hydrogen) atoms. The zero-order valence-electron chi connectivity index (χ0n) is 13.4. The van der Waals surface area contributed by atoms with Crippen LogP contribution in [-0.4, -0.2) is 19.2 Å². The molecule has 3 atom stereocenters. The van der Waals surface area contributed by atoms with E-state index in [1.165, 1.54) is 19.3 Å². The van der Waals surface area contributed by atoms with Crippen molar-refractivity contribution in [3.05, 3.63) is 30.3 Å². The monoisotopic (exact) mass is 275 g/mol. The van der Waals surface area contributed by atoms with Crippen LogP contribution in [-0.2, 0) is 0 Å². The Bertz CT molecular complexity index is 401. The highest BCUT2D eigenvalue weighted by Gasteiger charge is 2.37. The molecule has 1 aliphatic rings. The topological polar surface area (TPSA) is 21.3 Å². The van der Waals surface area contributed by atoms with E-state index in [1.807, 2.05) is 18.2 Å². The molecule has 2 nitrogen and oxygen atoms in total. The second kappa shape index (κ2) is 6.62. The van der Waals surface area contributed by atoms with Gasteiger partial charge in [0.15, 0.2) is 0 Å². The molecule has 1 aliphatic carbocycles. The van der Waals surface area contributed by atoms with Gasteiger partial charge in [-0.25, -0.2) is 0 Å². The molecule has 0 amide bonds. The molecule has 2 rings (SSSR count). The lowest BCUT2D eigenvalue weighted by molar-refractivity contribution is 0.0414. The van der Waals surface area contributed by atoms with Crippen LogP contribution in [0.4, 0.5) is 0 Å². The number of nitrogens with one attached hydrogen (secondary N) is 1. The van der Waals surface area contributed by atoms with Crippen molar-refractivity contribution in [1.29, 1.82) is 0 Å². The first-order valence-electron chi connectivity index (χ1n) is 7.95. The van der Waals surface area contributed by atoms with Gasteiger partial charge in [0.2, 0.25) is 0 Å². The molecule has 1 aromatic rings. The van der Waals surface area contributed by atoms with Gasteiger partial charge in [0, 0.05) is 6.04 Å². The Morgan fingerprint density at radius 3 is 2.50 bits per heavy atom. The van der Waals surface area contributed by atoms with Crippen LogP contribution in [0.3, 0.4) is 0 Å². The molecular formula is C18H29NO. The van der Waals surface area contributed by atoms with Gasteiger partial charge in [-0.3, -0.25) is 0 Å². The van der Waals surface area contributed by atoms with Crippen molar-refractivity contribution in [1.82, 2.24) is 5.32 Å². The molecule has 0 aromatic heterocycles. The van der Waals surface area contributed by atoms with Crippen LogP contribution < -0.4 is 10.1 Å². The maximum absolute atomic E-state index is 6.27. The van der Waals surface area contributed by atoms with Gasteiger partial charge in [-0.2, -0.15) is 0 Å². The fourth-order valence-corrected chi connectivity index (χ4v) is 3.26. The van der Waals surface area contributed by atoms with Gasteiger partial charge >= 0.3 is 0 Å². The third-order valence-corrected chi connectivity index (χ3v) is 5.21. The van der Waals surface area contributed by atoms with Crippen LogP contribution in [0.25, 0.3) is 0 Å². The normalized spacial score (nSPS) is 27.3.